The van der Waals surface area contributed by atoms with Gasteiger partial charge in [0, 0.05) is 44.9 Å². The zero-order valence-corrected chi connectivity index (χ0v) is 17.2. The van der Waals surface area contributed by atoms with Crippen LogP contribution in [0.2, 0.25) is 0 Å². The third-order valence-electron chi connectivity index (χ3n) is 5.96. The Hall–Kier alpha value is -1.92. The fourth-order valence-corrected chi connectivity index (χ4v) is 4.37. The lowest BCUT2D eigenvalue weighted by atomic mass is 9.93. The van der Waals surface area contributed by atoms with Gasteiger partial charge in [-0.2, -0.15) is 0 Å². The minimum absolute atomic E-state index is 0.0672. The second-order valence-corrected chi connectivity index (χ2v) is 8.01. The number of nitrogens with zero attached hydrogens (tertiary/aromatic N) is 2. The van der Waals surface area contributed by atoms with Gasteiger partial charge in [0.25, 0.3) is 5.91 Å². The molecule has 2 heterocycles. The van der Waals surface area contributed by atoms with Crippen LogP contribution in [-0.2, 0) is 9.53 Å². The highest BCUT2D eigenvalue weighted by atomic mass is 16.5. The van der Waals surface area contributed by atoms with E-state index in [1.165, 1.54) is 0 Å². The molecule has 2 aliphatic rings. The molecular weight excluding hydrogens is 354 g/mol. The van der Waals surface area contributed by atoms with Crippen molar-refractivity contribution >= 4 is 11.8 Å². The Morgan fingerprint density at radius 3 is 2.68 bits per heavy atom. The molecule has 0 spiro atoms. The molecule has 6 nitrogen and oxygen atoms in total. The number of likely N-dealkylation sites (tertiary alicyclic amines) is 2. The van der Waals surface area contributed by atoms with E-state index in [2.05, 4.69) is 10.2 Å². The maximum Gasteiger partial charge on any atom is 0.253 e. The molecule has 2 fully saturated rings. The molecular formula is C22H33N3O3. The van der Waals surface area contributed by atoms with E-state index < -0.39 is 0 Å². The Bertz CT molecular complexity index is 671. The Kier molecular flexibility index (Phi) is 7.45. The van der Waals surface area contributed by atoms with Gasteiger partial charge >= 0.3 is 0 Å². The van der Waals surface area contributed by atoms with Crippen LogP contribution in [0.15, 0.2) is 24.3 Å². The Labute approximate surface area is 168 Å². The average Bonchev–Trinajstić information content (AvgIpc) is 2.73. The van der Waals surface area contributed by atoms with Crippen molar-refractivity contribution in [2.75, 3.05) is 46.4 Å². The van der Waals surface area contributed by atoms with Gasteiger partial charge in [-0.15, -0.1) is 0 Å². The van der Waals surface area contributed by atoms with E-state index in [0.29, 0.717) is 19.2 Å². The van der Waals surface area contributed by atoms with Gasteiger partial charge in [0.2, 0.25) is 5.91 Å². The molecule has 1 aromatic carbocycles. The summed E-state index contributed by atoms with van der Waals surface area (Å²) in [4.78, 5) is 29.6. The van der Waals surface area contributed by atoms with Crippen LogP contribution in [-0.4, -0.2) is 74.1 Å². The van der Waals surface area contributed by atoms with Gasteiger partial charge in [0.15, 0.2) is 0 Å². The number of ether oxygens (including phenoxy) is 1. The summed E-state index contributed by atoms with van der Waals surface area (Å²) in [5.74, 6) is 0.350. The monoisotopic (exact) mass is 387 g/mol. The van der Waals surface area contributed by atoms with Crippen LogP contribution in [0.3, 0.4) is 0 Å². The predicted molar refractivity (Wildman–Crippen MR) is 109 cm³/mol. The van der Waals surface area contributed by atoms with Crippen molar-refractivity contribution in [2.24, 2.45) is 5.92 Å². The van der Waals surface area contributed by atoms with Crippen LogP contribution >= 0.6 is 0 Å². The Morgan fingerprint density at radius 1 is 1.18 bits per heavy atom. The smallest absolute Gasteiger partial charge is 0.253 e. The van der Waals surface area contributed by atoms with Gasteiger partial charge in [-0.1, -0.05) is 17.7 Å². The summed E-state index contributed by atoms with van der Waals surface area (Å²) in [6, 6.07) is 8.29. The van der Waals surface area contributed by atoms with E-state index >= 15 is 0 Å². The van der Waals surface area contributed by atoms with Crippen molar-refractivity contribution in [1.82, 2.24) is 15.1 Å². The molecule has 0 saturated carbocycles. The average molecular weight is 388 g/mol. The highest BCUT2D eigenvalue weighted by Crippen LogP contribution is 2.25. The van der Waals surface area contributed by atoms with Gasteiger partial charge in [-0.25, -0.2) is 0 Å². The Balaban J connectivity index is 1.49. The van der Waals surface area contributed by atoms with E-state index in [0.717, 1.165) is 63.0 Å². The molecule has 2 aliphatic heterocycles. The van der Waals surface area contributed by atoms with Crippen LogP contribution in [0.4, 0.5) is 0 Å². The number of aryl methyl sites for hydroxylation is 1. The molecule has 1 aromatic rings. The summed E-state index contributed by atoms with van der Waals surface area (Å²) in [6.45, 7) is 6.60. The zero-order chi connectivity index (χ0) is 19.9. The molecule has 2 amide bonds. The first-order valence-corrected chi connectivity index (χ1v) is 10.4. The molecule has 154 valence electrons. The molecule has 0 unspecified atom stereocenters. The van der Waals surface area contributed by atoms with Gasteiger partial charge in [-0.05, 0) is 51.3 Å². The molecule has 1 atom stereocenters. The van der Waals surface area contributed by atoms with Crippen LogP contribution in [0, 0.1) is 12.8 Å². The highest BCUT2D eigenvalue weighted by Gasteiger charge is 2.32. The lowest BCUT2D eigenvalue weighted by molar-refractivity contribution is -0.127. The number of piperidine rings is 2. The minimum Gasteiger partial charge on any atom is -0.383 e. The summed E-state index contributed by atoms with van der Waals surface area (Å²) < 4.78 is 5.01. The van der Waals surface area contributed by atoms with E-state index in [4.69, 9.17) is 4.74 Å². The van der Waals surface area contributed by atoms with E-state index in [-0.39, 0.29) is 17.7 Å². The van der Waals surface area contributed by atoms with Gasteiger partial charge in [-0.3, -0.25) is 14.5 Å². The summed E-state index contributed by atoms with van der Waals surface area (Å²) >= 11 is 0. The molecule has 2 saturated heterocycles. The largest absolute Gasteiger partial charge is 0.383 e. The maximum atomic E-state index is 12.8. The highest BCUT2D eigenvalue weighted by molar-refractivity contribution is 5.94. The topological polar surface area (TPSA) is 61.9 Å². The zero-order valence-electron chi connectivity index (χ0n) is 17.2. The summed E-state index contributed by atoms with van der Waals surface area (Å²) in [6.07, 6.45) is 3.98. The van der Waals surface area contributed by atoms with Crippen molar-refractivity contribution < 1.29 is 14.3 Å². The number of amides is 2. The number of rotatable bonds is 6. The summed E-state index contributed by atoms with van der Waals surface area (Å²) in [7, 11) is 1.64. The van der Waals surface area contributed by atoms with Crippen LogP contribution < -0.4 is 5.32 Å². The number of benzene rings is 1. The van der Waals surface area contributed by atoms with Crippen molar-refractivity contribution in [1.29, 1.82) is 0 Å². The third kappa shape index (κ3) is 5.32. The molecule has 0 aliphatic carbocycles. The number of carbonyl (C=O) groups is 2. The number of carbonyl (C=O) groups excluding carboxylic acids is 2. The summed E-state index contributed by atoms with van der Waals surface area (Å²) in [5.41, 5.74) is 1.90. The van der Waals surface area contributed by atoms with Crippen LogP contribution in [0.1, 0.15) is 41.6 Å². The first-order chi connectivity index (χ1) is 13.6. The van der Waals surface area contributed by atoms with E-state index in [1.54, 1.807) is 7.11 Å². The minimum atomic E-state index is 0.0672. The van der Waals surface area contributed by atoms with Crippen molar-refractivity contribution in [3.63, 3.8) is 0 Å². The molecule has 0 bridgehead atoms. The first kappa shape index (κ1) is 20.8. The number of methoxy groups -OCH3 is 1. The molecule has 0 aromatic heterocycles. The third-order valence-corrected chi connectivity index (χ3v) is 5.96. The fraction of sp³-hybridized carbons (Fsp3) is 0.636. The Morgan fingerprint density at radius 2 is 1.96 bits per heavy atom. The maximum absolute atomic E-state index is 12.8. The quantitative estimate of drug-likeness (QED) is 0.759. The molecule has 28 heavy (non-hydrogen) atoms. The molecule has 3 rings (SSSR count). The van der Waals surface area contributed by atoms with Crippen LogP contribution in [0.5, 0.6) is 0 Å². The fourth-order valence-electron chi connectivity index (χ4n) is 4.37. The lowest BCUT2D eigenvalue weighted by Crippen LogP contribution is -2.51. The SMILES string of the molecule is COCCNC(=O)[C@H]1CCCN(C2CCN(C(=O)c3cccc(C)c3)CC2)C1. The second kappa shape index (κ2) is 10.0. The van der Waals surface area contributed by atoms with Crippen molar-refractivity contribution in [3.8, 4) is 0 Å². The van der Waals surface area contributed by atoms with Crippen LogP contribution in [0.25, 0.3) is 0 Å². The lowest BCUT2D eigenvalue weighted by Gasteiger charge is -2.42. The molecule has 1 N–H and O–H groups in total. The second-order valence-electron chi connectivity index (χ2n) is 8.01. The van der Waals surface area contributed by atoms with Gasteiger partial charge in [0.05, 0.1) is 12.5 Å². The van der Waals surface area contributed by atoms with Gasteiger partial charge in [0.1, 0.15) is 0 Å². The van der Waals surface area contributed by atoms with E-state index in [1.807, 2.05) is 36.1 Å². The van der Waals surface area contributed by atoms with E-state index in [9.17, 15) is 9.59 Å². The normalized spacial score (nSPS) is 21.5. The molecule has 0 radical (unpaired) electrons. The number of nitrogens with one attached hydrogen (secondary N) is 1. The van der Waals surface area contributed by atoms with Gasteiger partial charge < -0.3 is 15.0 Å². The standard InChI is InChI=1S/C22H33N3O3/c1-17-5-3-6-18(15-17)22(27)24-12-8-20(9-13-24)25-11-4-7-19(16-25)21(26)23-10-14-28-2/h3,5-6,15,19-20H,4,7-14,16H2,1-2H3,(H,23,26)/t19-/m0/s1. The summed E-state index contributed by atoms with van der Waals surface area (Å²) in [5, 5.41) is 2.98. The van der Waals surface area contributed by atoms with Crippen molar-refractivity contribution in [2.45, 2.75) is 38.6 Å². The predicted octanol–water partition coefficient (Wildman–Crippen LogP) is 2.07. The first-order valence-electron chi connectivity index (χ1n) is 10.4. The molecule has 6 heteroatoms. The van der Waals surface area contributed by atoms with Crippen molar-refractivity contribution in [3.05, 3.63) is 35.4 Å². The number of hydrogen-bond acceptors (Lipinski definition) is 4. The number of hydrogen-bond donors (Lipinski definition) is 1.